The van der Waals surface area contributed by atoms with E-state index >= 15 is 0 Å². The fourth-order valence-electron chi connectivity index (χ4n) is 2.27. The number of hydrogen-bond donors (Lipinski definition) is 2. The summed E-state index contributed by atoms with van der Waals surface area (Å²) in [6.45, 7) is 5.85. The van der Waals surface area contributed by atoms with Crippen molar-refractivity contribution in [3.8, 4) is 0 Å². The molecule has 0 radical (unpaired) electrons. The fraction of sp³-hybridized carbons (Fsp3) is 0.294. The quantitative estimate of drug-likeness (QED) is 0.748. The molecule has 0 spiro atoms. The Bertz CT molecular complexity index is 857. The summed E-state index contributed by atoms with van der Waals surface area (Å²) >= 11 is 0. The smallest absolute Gasteiger partial charge is 0.263 e. The Hall–Kier alpha value is -2.96. The number of rotatable bonds is 5. The van der Waals surface area contributed by atoms with Crippen molar-refractivity contribution >= 4 is 28.5 Å². The second-order valence-corrected chi connectivity index (χ2v) is 5.66. The molecule has 0 bridgehead atoms. The summed E-state index contributed by atoms with van der Waals surface area (Å²) < 4.78 is 5.13. The van der Waals surface area contributed by atoms with Crippen molar-refractivity contribution in [2.45, 2.75) is 33.2 Å². The van der Waals surface area contributed by atoms with E-state index in [1.807, 2.05) is 32.9 Å². The minimum Gasteiger partial charge on any atom is -0.350 e. The van der Waals surface area contributed by atoms with Gasteiger partial charge in [-0.2, -0.15) is 4.98 Å². The van der Waals surface area contributed by atoms with Gasteiger partial charge >= 0.3 is 0 Å². The van der Waals surface area contributed by atoms with Gasteiger partial charge in [0.15, 0.2) is 0 Å². The second kappa shape index (κ2) is 6.66. The van der Waals surface area contributed by atoms with Crippen LogP contribution < -0.4 is 10.6 Å². The highest BCUT2D eigenvalue weighted by Gasteiger charge is 2.13. The van der Waals surface area contributed by atoms with Crippen LogP contribution in [0.2, 0.25) is 0 Å². The van der Waals surface area contributed by atoms with E-state index in [9.17, 15) is 4.79 Å². The van der Waals surface area contributed by atoms with E-state index in [4.69, 9.17) is 4.52 Å². The summed E-state index contributed by atoms with van der Waals surface area (Å²) in [6.07, 6.45) is 2.32. The van der Waals surface area contributed by atoms with Gasteiger partial charge in [0.25, 0.3) is 11.6 Å². The molecule has 0 saturated heterocycles. The average molecular weight is 325 g/mol. The van der Waals surface area contributed by atoms with Crippen LogP contribution in [-0.4, -0.2) is 27.1 Å². The second-order valence-electron chi connectivity index (χ2n) is 5.66. The number of aromatic nitrogens is 3. The van der Waals surface area contributed by atoms with Gasteiger partial charge in [-0.3, -0.25) is 4.79 Å². The number of anilines is 2. The van der Waals surface area contributed by atoms with Gasteiger partial charge in [-0.25, -0.2) is 4.98 Å². The van der Waals surface area contributed by atoms with Gasteiger partial charge in [-0.05, 0) is 44.5 Å². The van der Waals surface area contributed by atoms with E-state index in [2.05, 4.69) is 25.8 Å². The lowest BCUT2D eigenvalue weighted by atomic mass is 10.1. The maximum Gasteiger partial charge on any atom is 0.263 e. The summed E-state index contributed by atoms with van der Waals surface area (Å²) in [5.74, 6) is 0.547. The first kappa shape index (κ1) is 15.9. The Labute approximate surface area is 139 Å². The first-order valence-electron chi connectivity index (χ1n) is 7.83. The van der Waals surface area contributed by atoms with Gasteiger partial charge in [0.05, 0.1) is 5.69 Å². The Morgan fingerprint density at radius 1 is 1.25 bits per heavy atom. The Morgan fingerprint density at radius 3 is 2.71 bits per heavy atom. The highest BCUT2D eigenvalue weighted by atomic mass is 16.5. The molecule has 0 fully saturated rings. The van der Waals surface area contributed by atoms with Crippen molar-refractivity contribution in [1.82, 2.24) is 20.4 Å². The van der Waals surface area contributed by atoms with Crippen LogP contribution in [0.25, 0.3) is 11.1 Å². The van der Waals surface area contributed by atoms with Gasteiger partial charge in [0.1, 0.15) is 17.5 Å². The molecule has 7 nitrogen and oxygen atoms in total. The molecule has 2 aromatic heterocycles. The van der Waals surface area contributed by atoms with Gasteiger partial charge in [0, 0.05) is 17.3 Å². The van der Waals surface area contributed by atoms with Crippen LogP contribution in [0.3, 0.4) is 0 Å². The molecule has 7 heteroatoms. The molecule has 0 aliphatic heterocycles. The van der Waals surface area contributed by atoms with Gasteiger partial charge < -0.3 is 15.2 Å². The number of fused-ring (bicyclic) bond motifs is 1. The van der Waals surface area contributed by atoms with Crippen LogP contribution in [0, 0.1) is 6.92 Å². The zero-order valence-electron chi connectivity index (χ0n) is 13.8. The third kappa shape index (κ3) is 3.19. The predicted molar refractivity (Wildman–Crippen MR) is 91.3 cm³/mol. The molecular formula is C17H19N5O2. The molecule has 3 rings (SSSR count). The normalized spacial score (nSPS) is 12.1. The molecule has 1 atom stereocenters. The third-order valence-electron chi connectivity index (χ3n) is 3.84. The fourth-order valence-corrected chi connectivity index (χ4v) is 2.27. The van der Waals surface area contributed by atoms with Crippen LogP contribution in [0.4, 0.5) is 11.5 Å². The highest BCUT2D eigenvalue weighted by molar-refractivity contribution is 5.95. The standard InChI is InChI=1S/C17H19N5O2/c1-4-10(2)20-16(23)12-5-7-13(8-6-12)21-15-14-11(3)22-24-17(14)19-9-18-15/h5-10H,4H2,1-3H3,(H,20,23)(H,18,19,21). The van der Waals surface area contributed by atoms with Crippen molar-refractivity contribution in [3.63, 3.8) is 0 Å². The topological polar surface area (TPSA) is 92.9 Å². The lowest BCUT2D eigenvalue weighted by molar-refractivity contribution is 0.0939. The zero-order valence-corrected chi connectivity index (χ0v) is 13.8. The molecule has 1 aromatic carbocycles. The third-order valence-corrected chi connectivity index (χ3v) is 3.84. The minimum atomic E-state index is -0.0739. The molecule has 0 aliphatic rings. The van der Waals surface area contributed by atoms with E-state index in [-0.39, 0.29) is 11.9 Å². The summed E-state index contributed by atoms with van der Waals surface area (Å²) in [5.41, 5.74) is 2.60. The van der Waals surface area contributed by atoms with Crippen molar-refractivity contribution in [2.75, 3.05) is 5.32 Å². The maximum absolute atomic E-state index is 12.1. The van der Waals surface area contributed by atoms with Gasteiger partial charge in [-0.15, -0.1) is 0 Å². The number of carbonyl (C=O) groups is 1. The van der Waals surface area contributed by atoms with Gasteiger partial charge in [-0.1, -0.05) is 12.1 Å². The highest BCUT2D eigenvalue weighted by Crippen LogP contribution is 2.25. The van der Waals surface area contributed by atoms with E-state index in [1.54, 1.807) is 12.1 Å². The number of aryl methyl sites for hydroxylation is 1. The van der Waals surface area contributed by atoms with Crippen molar-refractivity contribution in [1.29, 1.82) is 0 Å². The number of nitrogens with one attached hydrogen (secondary N) is 2. The summed E-state index contributed by atoms with van der Waals surface area (Å²) in [7, 11) is 0. The van der Waals surface area contributed by atoms with Crippen LogP contribution >= 0.6 is 0 Å². The number of carbonyl (C=O) groups excluding carboxylic acids is 1. The molecule has 1 amide bonds. The zero-order chi connectivity index (χ0) is 17.1. The number of benzene rings is 1. The van der Waals surface area contributed by atoms with Crippen molar-refractivity contribution in [2.24, 2.45) is 0 Å². The SMILES string of the molecule is CCC(C)NC(=O)c1ccc(Nc2ncnc3onc(C)c23)cc1. The van der Waals surface area contributed by atoms with Crippen LogP contribution in [0.5, 0.6) is 0 Å². The molecule has 24 heavy (non-hydrogen) atoms. The first-order valence-corrected chi connectivity index (χ1v) is 7.83. The lowest BCUT2D eigenvalue weighted by Crippen LogP contribution is -2.31. The molecule has 3 aromatic rings. The molecule has 1 unspecified atom stereocenters. The summed E-state index contributed by atoms with van der Waals surface area (Å²) in [5, 5.41) is 10.8. The lowest BCUT2D eigenvalue weighted by Gasteiger charge is -2.12. The van der Waals surface area contributed by atoms with Crippen molar-refractivity contribution in [3.05, 3.63) is 41.9 Å². The first-order chi connectivity index (χ1) is 11.6. The minimum absolute atomic E-state index is 0.0739. The molecular weight excluding hydrogens is 306 g/mol. The van der Waals surface area contributed by atoms with Crippen LogP contribution in [0.15, 0.2) is 35.1 Å². The van der Waals surface area contributed by atoms with Gasteiger partial charge in [0.2, 0.25) is 0 Å². The molecule has 2 N–H and O–H groups in total. The van der Waals surface area contributed by atoms with Crippen LogP contribution in [0.1, 0.15) is 36.3 Å². The molecule has 2 heterocycles. The van der Waals surface area contributed by atoms with Crippen molar-refractivity contribution < 1.29 is 9.32 Å². The molecule has 0 saturated carbocycles. The Morgan fingerprint density at radius 2 is 2.00 bits per heavy atom. The molecule has 0 aliphatic carbocycles. The summed E-state index contributed by atoms with van der Waals surface area (Å²) in [4.78, 5) is 20.4. The Balaban J connectivity index is 1.79. The summed E-state index contributed by atoms with van der Waals surface area (Å²) in [6, 6.07) is 7.38. The number of nitrogens with zero attached hydrogens (tertiary/aromatic N) is 3. The monoisotopic (exact) mass is 325 g/mol. The number of hydrogen-bond acceptors (Lipinski definition) is 6. The van der Waals surface area contributed by atoms with E-state index < -0.39 is 0 Å². The largest absolute Gasteiger partial charge is 0.350 e. The van der Waals surface area contributed by atoms with Crippen LogP contribution in [-0.2, 0) is 0 Å². The Kier molecular flexibility index (Phi) is 4.41. The van der Waals surface area contributed by atoms with E-state index in [0.29, 0.717) is 17.1 Å². The number of amides is 1. The maximum atomic E-state index is 12.1. The molecule has 124 valence electrons. The average Bonchev–Trinajstić information content (AvgIpc) is 2.97. The van der Waals surface area contributed by atoms with E-state index in [0.717, 1.165) is 23.2 Å². The van der Waals surface area contributed by atoms with E-state index in [1.165, 1.54) is 6.33 Å². The predicted octanol–water partition coefficient (Wildman–Crippen LogP) is 3.20.